The summed E-state index contributed by atoms with van der Waals surface area (Å²) in [5.41, 5.74) is 1.28. The average molecular weight is 330 g/mol. The van der Waals surface area contributed by atoms with Crippen LogP contribution in [0.1, 0.15) is 31.2 Å². The molecule has 0 fully saturated rings. The smallest absolute Gasteiger partial charge is 0.333 e. The maximum absolute atomic E-state index is 10.9. The van der Waals surface area contributed by atoms with E-state index in [1.165, 1.54) is 16.3 Å². The Hall–Kier alpha value is -2.40. The van der Waals surface area contributed by atoms with Crippen LogP contribution in [0.2, 0.25) is 0 Å². The van der Waals surface area contributed by atoms with Gasteiger partial charge in [0.2, 0.25) is 0 Å². The second-order valence-electron chi connectivity index (χ2n) is 5.79. The van der Waals surface area contributed by atoms with Crippen LogP contribution in [0.25, 0.3) is 10.8 Å². The van der Waals surface area contributed by atoms with Crippen molar-refractivity contribution >= 4 is 22.7 Å². The Bertz CT molecular complexity index is 695. The first-order chi connectivity index (χ1) is 11.6. The quantitative estimate of drug-likeness (QED) is 0.651. The number of ether oxygens (including phenoxy) is 1. The van der Waals surface area contributed by atoms with Gasteiger partial charge < -0.3 is 14.9 Å². The Balaban J connectivity index is 1.68. The molecule has 0 radical (unpaired) electrons. The van der Waals surface area contributed by atoms with Gasteiger partial charge in [-0.1, -0.05) is 48.9 Å². The van der Waals surface area contributed by atoms with Crippen molar-refractivity contribution < 1.29 is 24.5 Å². The molecule has 128 valence electrons. The molecule has 0 heterocycles. The van der Waals surface area contributed by atoms with Crippen molar-refractivity contribution in [3.05, 3.63) is 48.0 Å². The molecule has 5 nitrogen and oxygen atoms in total. The Labute approximate surface area is 140 Å². The maximum Gasteiger partial charge on any atom is 0.333 e. The highest BCUT2D eigenvalue weighted by atomic mass is 16.5. The van der Waals surface area contributed by atoms with Crippen LogP contribution in [0.4, 0.5) is 0 Å². The van der Waals surface area contributed by atoms with Crippen molar-refractivity contribution in [3.8, 4) is 0 Å². The van der Waals surface area contributed by atoms with E-state index in [0.717, 1.165) is 25.7 Å². The van der Waals surface area contributed by atoms with Gasteiger partial charge in [0, 0.05) is 6.61 Å². The zero-order chi connectivity index (χ0) is 17.4. The molecule has 2 N–H and O–H groups in total. The van der Waals surface area contributed by atoms with Gasteiger partial charge in [-0.3, -0.25) is 4.79 Å². The molecular formula is C19H22O5. The van der Waals surface area contributed by atoms with E-state index < -0.39 is 24.5 Å². The van der Waals surface area contributed by atoms with Crippen LogP contribution in [0.5, 0.6) is 0 Å². The third-order valence-electron chi connectivity index (χ3n) is 3.88. The molecule has 2 aromatic rings. The van der Waals surface area contributed by atoms with Crippen molar-refractivity contribution in [2.75, 3.05) is 6.61 Å². The van der Waals surface area contributed by atoms with Crippen molar-refractivity contribution in [2.45, 2.75) is 38.2 Å². The van der Waals surface area contributed by atoms with E-state index in [9.17, 15) is 9.59 Å². The number of carboxylic acids is 2. The summed E-state index contributed by atoms with van der Waals surface area (Å²) in [6, 6.07) is 14.7. The Morgan fingerprint density at radius 2 is 1.71 bits per heavy atom. The lowest BCUT2D eigenvalue weighted by Crippen LogP contribution is -2.27. The van der Waals surface area contributed by atoms with Crippen molar-refractivity contribution in [3.63, 3.8) is 0 Å². The number of fused-ring (bicyclic) bond motifs is 1. The molecule has 0 aliphatic carbocycles. The standard InChI is InChI=1S/C19H22O5/c20-18(21)13-17(19(22)23)24-11-5-1-2-6-14-9-10-15-7-3-4-8-16(15)12-14/h3-4,7-10,12,17H,1-2,5-6,11,13H2,(H,20,21)(H,22,23). The van der Waals surface area contributed by atoms with Gasteiger partial charge in [-0.05, 0) is 35.6 Å². The number of unbranched alkanes of at least 4 members (excludes halogenated alkanes) is 2. The first kappa shape index (κ1) is 17.9. The number of carbonyl (C=O) groups is 2. The fraction of sp³-hybridized carbons (Fsp3) is 0.368. The Morgan fingerprint density at radius 1 is 0.958 bits per heavy atom. The van der Waals surface area contributed by atoms with Gasteiger partial charge >= 0.3 is 11.9 Å². The third-order valence-corrected chi connectivity index (χ3v) is 3.88. The summed E-state index contributed by atoms with van der Waals surface area (Å²) in [6.45, 7) is 0.266. The summed E-state index contributed by atoms with van der Waals surface area (Å²) in [7, 11) is 0. The predicted octanol–water partition coefficient (Wildman–Crippen LogP) is 3.50. The summed E-state index contributed by atoms with van der Waals surface area (Å²) >= 11 is 0. The van der Waals surface area contributed by atoms with Gasteiger partial charge in [-0.2, -0.15) is 0 Å². The second-order valence-corrected chi connectivity index (χ2v) is 5.79. The second kappa shape index (κ2) is 9.03. The summed E-state index contributed by atoms with van der Waals surface area (Å²) in [6.07, 6.45) is 1.80. The van der Waals surface area contributed by atoms with Gasteiger partial charge in [0.25, 0.3) is 0 Å². The molecule has 1 atom stereocenters. The molecule has 2 aromatic carbocycles. The highest BCUT2D eigenvalue weighted by Crippen LogP contribution is 2.17. The fourth-order valence-electron chi connectivity index (χ4n) is 2.60. The molecule has 0 saturated carbocycles. The lowest BCUT2D eigenvalue weighted by atomic mass is 10.0. The zero-order valence-electron chi connectivity index (χ0n) is 13.5. The van der Waals surface area contributed by atoms with E-state index in [4.69, 9.17) is 14.9 Å². The van der Waals surface area contributed by atoms with Gasteiger partial charge in [-0.15, -0.1) is 0 Å². The molecule has 0 aliphatic heterocycles. The number of hydrogen-bond donors (Lipinski definition) is 2. The number of rotatable bonds is 10. The first-order valence-electron chi connectivity index (χ1n) is 8.10. The van der Waals surface area contributed by atoms with E-state index in [2.05, 4.69) is 30.3 Å². The number of aliphatic carboxylic acids is 2. The van der Waals surface area contributed by atoms with E-state index in [0.29, 0.717) is 0 Å². The first-order valence-corrected chi connectivity index (χ1v) is 8.10. The molecular weight excluding hydrogens is 308 g/mol. The molecule has 0 aromatic heterocycles. The fourth-order valence-corrected chi connectivity index (χ4v) is 2.60. The highest BCUT2D eigenvalue weighted by molar-refractivity contribution is 5.83. The van der Waals surface area contributed by atoms with E-state index in [1.807, 2.05) is 12.1 Å². The summed E-state index contributed by atoms with van der Waals surface area (Å²) in [4.78, 5) is 21.4. The van der Waals surface area contributed by atoms with Crippen LogP contribution in [0.3, 0.4) is 0 Å². The molecule has 1 unspecified atom stereocenters. The highest BCUT2D eigenvalue weighted by Gasteiger charge is 2.21. The predicted molar refractivity (Wildman–Crippen MR) is 91.1 cm³/mol. The largest absolute Gasteiger partial charge is 0.481 e. The number of benzene rings is 2. The normalized spacial score (nSPS) is 12.2. The molecule has 5 heteroatoms. The maximum atomic E-state index is 10.9. The Kier molecular flexibility index (Phi) is 6.75. The lowest BCUT2D eigenvalue weighted by Gasteiger charge is -2.11. The average Bonchev–Trinajstić information content (AvgIpc) is 2.56. The monoisotopic (exact) mass is 330 g/mol. The molecule has 0 bridgehead atoms. The van der Waals surface area contributed by atoms with Crippen LogP contribution < -0.4 is 0 Å². The van der Waals surface area contributed by atoms with Crippen LogP contribution in [0.15, 0.2) is 42.5 Å². The Morgan fingerprint density at radius 3 is 2.42 bits per heavy atom. The minimum Gasteiger partial charge on any atom is -0.481 e. The van der Waals surface area contributed by atoms with Crippen molar-refractivity contribution in [2.24, 2.45) is 0 Å². The molecule has 0 amide bonds. The van der Waals surface area contributed by atoms with Gasteiger partial charge in [0.05, 0.1) is 6.42 Å². The van der Waals surface area contributed by atoms with Gasteiger partial charge in [0.1, 0.15) is 0 Å². The lowest BCUT2D eigenvalue weighted by molar-refractivity contribution is -0.156. The van der Waals surface area contributed by atoms with Crippen LogP contribution >= 0.6 is 0 Å². The van der Waals surface area contributed by atoms with Gasteiger partial charge in [-0.25, -0.2) is 4.79 Å². The minimum absolute atomic E-state index is 0.266. The van der Waals surface area contributed by atoms with Crippen LogP contribution in [-0.4, -0.2) is 34.9 Å². The molecule has 2 rings (SSSR count). The third kappa shape index (κ3) is 5.66. The molecule has 24 heavy (non-hydrogen) atoms. The molecule has 0 spiro atoms. The summed E-state index contributed by atoms with van der Waals surface area (Å²) in [5.74, 6) is -2.40. The van der Waals surface area contributed by atoms with Gasteiger partial charge in [0.15, 0.2) is 6.10 Å². The summed E-state index contributed by atoms with van der Waals surface area (Å²) in [5, 5.41) is 20.0. The topological polar surface area (TPSA) is 83.8 Å². The van der Waals surface area contributed by atoms with Crippen LogP contribution in [0, 0.1) is 0 Å². The summed E-state index contributed by atoms with van der Waals surface area (Å²) < 4.78 is 5.14. The molecule has 0 saturated heterocycles. The minimum atomic E-state index is -1.26. The van der Waals surface area contributed by atoms with E-state index in [1.54, 1.807) is 0 Å². The zero-order valence-corrected chi connectivity index (χ0v) is 13.5. The SMILES string of the molecule is O=C(O)CC(OCCCCCc1ccc2ccccc2c1)C(=O)O. The number of hydrogen-bond acceptors (Lipinski definition) is 3. The number of carboxylic acid groups (broad SMARTS) is 2. The van der Waals surface area contributed by atoms with E-state index in [-0.39, 0.29) is 6.61 Å². The van der Waals surface area contributed by atoms with Crippen molar-refractivity contribution in [1.82, 2.24) is 0 Å². The van der Waals surface area contributed by atoms with Crippen molar-refractivity contribution in [1.29, 1.82) is 0 Å². The number of aryl methyl sites for hydroxylation is 1. The van der Waals surface area contributed by atoms with Crippen LogP contribution in [-0.2, 0) is 20.7 Å². The van der Waals surface area contributed by atoms with E-state index >= 15 is 0 Å². The molecule has 0 aliphatic rings.